The van der Waals surface area contributed by atoms with Crippen molar-refractivity contribution in [3.05, 3.63) is 53.9 Å². The number of nitrogens with one attached hydrogen (secondary N) is 1. The van der Waals surface area contributed by atoms with Crippen LogP contribution in [0.25, 0.3) is 5.69 Å². The van der Waals surface area contributed by atoms with Crippen molar-refractivity contribution < 1.29 is 0 Å². The summed E-state index contributed by atoms with van der Waals surface area (Å²) < 4.78 is 1.86. The average Bonchev–Trinajstić information content (AvgIpc) is 3.27. The maximum atomic E-state index is 4.35. The molecule has 4 rings (SSSR count). The van der Waals surface area contributed by atoms with E-state index < -0.39 is 0 Å². The van der Waals surface area contributed by atoms with Gasteiger partial charge in [-0.2, -0.15) is 5.10 Å². The Morgan fingerprint density at radius 3 is 3.04 bits per heavy atom. The minimum Gasteiger partial charge on any atom is -0.297 e. The van der Waals surface area contributed by atoms with E-state index in [1.807, 2.05) is 23.0 Å². The number of rotatable bonds is 4. The van der Waals surface area contributed by atoms with Crippen LogP contribution in [0.3, 0.4) is 0 Å². The first-order valence-electron chi connectivity index (χ1n) is 8.34. The SMILES string of the molecule is Cc1ccccc1-n1cc(CN2CCCC(c3ncn[nH]3)C2)nn1. The van der Waals surface area contributed by atoms with Crippen LogP contribution in [0.5, 0.6) is 0 Å². The molecule has 0 amide bonds. The molecule has 7 heteroatoms. The van der Waals surface area contributed by atoms with Gasteiger partial charge in [0.2, 0.25) is 0 Å². The first kappa shape index (κ1) is 15.0. The molecule has 1 unspecified atom stereocenters. The summed E-state index contributed by atoms with van der Waals surface area (Å²) in [6, 6.07) is 8.21. The highest BCUT2D eigenvalue weighted by atomic mass is 15.4. The fraction of sp³-hybridized carbons (Fsp3) is 0.412. The lowest BCUT2D eigenvalue weighted by Gasteiger charge is -2.30. The van der Waals surface area contributed by atoms with Gasteiger partial charge in [-0.1, -0.05) is 23.4 Å². The minimum absolute atomic E-state index is 0.424. The van der Waals surface area contributed by atoms with Gasteiger partial charge in [-0.25, -0.2) is 9.67 Å². The van der Waals surface area contributed by atoms with Gasteiger partial charge in [0.1, 0.15) is 12.2 Å². The quantitative estimate of drug-likeness (QED) is 0.795. The summed E-state index contributed by atoms with van der Waals surface area (Å²) in [5, 5.41) is 15.6. The third-order valence-corrected chi connectivity index (χ3v) is 4.61. The van der Waals surface area contributed by atoms with Crippen molar-refractivity contribution in [2.75, 3.05) is 13.1 Å². The van der Waals surface area contributed by atoms with Crippen LogP contribution < -0.4 is 0 Å². The predicted octanol–water partition coefficient (Wildman–Crippen LogP) is 2.07. The Morgan fingerprint density at radius 1 is 1.29 bits per heavy atom. The molecular formula is C17H21N7. The van der Waals surface area contributed by atoms with E-state index in [2.05, 4.69) is 49.4 Å². The van der Waals surface area contributed by atoms with Crippen molar-refractivity contribution >= 4 is 0 Å². The summed E-state index contributed by atoms with van der Waals surface area (Å²) in [4.78, 5) is 6.73. The van der Waals surface area contributed by atoms with Gasteiger partial charge in [-0.15, -0.1) is 5.10 Å². The van der Waals surface area contributed by atoms with Gasteiger partial charge in [0.15, 0.2) is 0 Å². The smallest absolute Gasteiger partial charge is 0.137 e. The molecule has 3 aromatic rings. The zero-order chi connectivity index (χ0) is 16.4. The molecule has 24 heavy (non-hydrogen) atoms. The van der Waals surface area contributed by atoms with E-state index in [0.717, 1.165) is 49.7 Å². The van der Waals surface area contributed by atoms with Crippen LogP contribution in [-0.4, -0.2) is 48.2 Å². The van der Waals surface area contributed by atoms with E-state index in [-0.39, 0.29) is 0 Å². The van der Waals surface area contributed by atoms with E-state index in [0.29, 0.717) is 5.92 Å². The molecular weight excluding hydrogens is 302 g/mol. The van der Waals surface area contributed by atoms with E-state index >= 15 is 0 Å². The highest BCUT2D eigenvalue weighted by molar-refractivity contribution is 5.38. The largest absolute Gasteiger partial charge is 0.297 e. The van der Waals surface area contributed by atoms with Crippen LogP contribution in [0, 0.1) is 6.92 Å². The molecule has 1 N–H and O–H groups in total. The Hall–Kier alpha value is -2.54. The first-order valence-corrected chi connectivity index (χ1v) is 8.34. The Balaban J connectivity index is 1.45. The van der Waals surface area contributed by atoms with Gasteiger partial charge in [0.25, 0.3) is 0 Å². The summed E-state index contributed by atoms with van der Waals surface area (Å²) >= 11 is 0. The second-order valence-electron chi connectivity index (χ2n) is 6.39. The van der Waals surface area contributed by atoms with E-state index in [4.69, 9.17) is 0 Å². The predicted molar refractivity (Wildman–Crippen MR) is 89.7 cm³/mol. The van der Waals surface area contributed by atoms with Crippen molar-refractivity contribution in [3.8, 4) is 5.69 Å². The van der Waals surface area contributed by atoms with Gasteiger partial charge >= 0.3 is 0 Å². The molecule has 1 saturated heterocycles. The molecule has 1 fully saturated rings. The maximum Gasteiger partial charge on any atom is 0.137 e. The molecule has 1 aliphatic rings. The van der Waals surface area contributed by atoms with Crippen LogP contribution in [0.4, 0.5) is 0 Å². The van der Waals surface area contributed by atoms with Crippen molar-refractivity contribution in [1.82, 2.24) is 35.1 Å². The second kappa shape index (κ2) is 6.52. The standard InChI is InChI=1S/C17H21N7/c1-13-5-2-3-7-16(13)24-11-15(20-22-24)10-23-8-4-6-14(9-23)17-18-12-19-21-17/h2-3,5,7,11-12,14H,4,6,8-10H2,1H3,(H,18,19,21). The van der Waals surface area contributed by atoms with Gasteiger partial charge in [0.05, 0.1) is 17.6 Å². The number of aromatic nitrogens is 6. The molecule has 0 saturated carbocycles. The monoisotopic (exact) mass is 323 g/mol. The number of aromatic amines is 1. The molecule has 0 radical (unpaired) electrons. The van der Waals surface area contributed by atoms with E-state index in [1.54, 1.807) is 6.33 Å². The highest BCUT2D eigenvalue weighted by Crippen LogP contribution is 2.24. The summed E-state index contributed by atoms with van der Waals surface area (Å²) in [6.45, 7) is 4.97. The Kier molecular flexibility index (Phi) is 4.08. The highest BCUT2D eigenvalue weighted by Gasteiger charge is 2.24. The number of piperidine rings is 1. The zero-order valence-electron chi connectivity index (χ0n) is 13.8. The third kappa shape index (κ3) is 3.07. The topological polar surface area (TPSA) is 75.5 Å². The van der Waals surface area contributed by atoms with Gasteiger partial charge in [0, 0.05) is 19.0 Å². The average molecular weight is 323 g/mol. The van der Waals surface area contributed by atoms with Crippen molar-refractivity contribution in [2.45, 2.75) is 32.2 Å². The lowest BCUT2D eigenvalue weighted by molar-refractivity contribution is 0.194. The van der Waals surface area contributed by atoms with Gasteiger partial charge in [-0.05, 0) is 37.9 Å². The number of hydrogen-bond donors (Lipinski definition) is 1. The number of aryl methyl sites for hydroxylation is 1. The fourth-order valence-electron chi connectivity index (χ4n) is 3.37. The zero-order valence-corrected chi connectivity index (χ0v) is 13.8. The Labute approximate surface area is 140 Å². The van der Waals surface area contributed by atoms with Crippen LogP contribution in [0.2, 0.25) is 0 Å². The molecule has 7 nitrogen and oxygen atoms in total. The van der Waals surface area contributed by atoms with Crippen molar-refractivity contribution in [1.29, 1.82) is 0 Å². The number of para-hydroxylation sites is 1. The summed E-state index contributed by atoms with van der Waals surface area (Å²) in [6.07, 6.45) is 5.93. The molecule has 1 aliphatic heterocycles. The third-order valence-electron chi connectivity index (χ3n) is 4.61. The molecule has 0 bridgehead atoms. The van der Waals surface area contributed by atoms with Crippen molar-refractivity contribution in [2.24, 2.45) is 0 Å². The summed E-state index contributed by atoms with van der Waals surface area (Å²) in [7, 11) is 0. The summed E-state index contributed by atoms with van der Waals surface area (Å²) in [5.41, 5.74) is 3.27. The van der Waals surface area contributed by atoms with Gasteiger partial charge < -0.3 is 0 Å². The Bertz CT molecular complexity index is 793. The maximum absolute atomic E-state index is 4.35. The van der Waals surface area contributed by atoms with E-state index in [1.165, 1.54) is 5.56 Å². The molecule has 2 aromatic heterocycles. The van der Waals surface area contributed by atoms with E-state index in [9.17, 15) is 0 Å². The van der Waals surface area contributed by atoms with Crippen LogP contribution in [-0.2, 0) is 6.54 Å². The first-order chi connectivity index (χ1) is 11.8. The molecule has 1 atom stereocenters. The minimum atomic E-state index is 0.424. The number of hydrogen-bond acceptors (Lipinski definition) is 5. The molecule has 3 heterocycles. The molecule has 0 aliphatic carbocycles. The number of nitrogens with zero attached hydrogens (tertiary/aromatic N) is 6. The summed E-state index contributed by atoms with van der Waals surface area (Å²) in [5.74, 6) is 1.41. The fourth-order valence-corrected chi connectivity index (χ4v) is 3.37. The van der Waals surface area contributed by atoms with Crippen LogP contribution >= 0.6 is 0 Å². The second-order valence-corrected chi connectivity index (χ2v) is 6.39. The lowest BCUT2D eigenvalue weighted by atomic mass is 9.97. The molecule has 0 spiro atoms. The molecule has 1 aromatic carbocycles. The van der Waals surface area contributed by atoms with Crippen molar-refractivity contribution in [3.63, 3.8) is 0 Å². The number of likely N-dealkylation sites (tertiary alicyclic amines) is 1. The molecule has 124 valence electrons. The number of benzene rings is 1. The van der Waals surface area contributed by atoms with Gasteiger partial charge in [-0.3, -0.25) is 10.00 Å². The van der Waals surface area contributed by atoms with Crippen LogP contribution in [0.1, 0.15) is 35.8 Å². The number of H-pyrrole nitrogens is 1. The Morgan fingerprint density at radius 2 is 2.21 bits per heavy atom. The lowest BCUT2D eigenvalue weighted by Crippen LogP contribution is -2.34. The normalized spacial score (nSPS) is 18.8. The van der Waals surface area contributed by atoms with Crippen LogP contribution in [0.15, 0.2) is 36.8 Å².